The lowest BCUT2D eigenvalue weighted by Crippen LogP contribution is -2.12. The molecule has 0 unspecified atom stereocenters. The second kappa shape index (κ2) is 5.39. The predicted octanol–water partition coefficient (Wildman–Crippen LogP) is 3.56. The molecule has 0 spiro atoms. The summed E-state index contributed by atoms with van der Waals surface area (Å²) >= 11 is 2.18. The summed E-state index contributed by atoms with van der Waals surface area (Å²) in [6.45, 7) is 1.86. The molecule has 2 rings (SSSR count). The normalized spacial score (nSPS) is 10.1. The Bertz CT molecular complexity index is 596. The molecule has 92 valence electrons. The lowest BCUT2D eigenvalue weighted by Gasteiger charge is -2.07. The van der Waals surface area contributed by atoms with Gasteiger partial charge in [-0.2, -0.15) is 0 Å². The van der Waals surface area contributed by atoms with E-state index in [0.29, 0.717) is 5.69 Å². The molecule has 0 aliphatic heterocycles. The van der Waals surface area contributed by atoms with E-state index in [1.54, 1.807) is 18.2 Å². The van der Waals surface area contributed by atoms with Crippen molar-refractivity contribution in [2.45, 2.75) is 6.92 Å². The van der Waals surface area contributed by atoms with Crippen molar-refractivity contribution >= 4 is 34.2 Å². The molecule has 0 saturated heterocycles. The molecule has 0 radical (unpaired) electrons. The molecule has 2 aromatic rings. The standard InChI is InChI=1S/C14H12INO2/c1-9-5-6-12(13(17)7-9)14(18)16-11-4-2-3-10(15)8-11/h2-8,17H,1H3,(H,16,18). The lowest BCUT2D eigenvalue weighted by molar-refractivity contribution is 0.102. The first-order chi connectivity index (χ1) is 8.56. The molecule has 0 atom stereocenters. The van der Waals surface area contributed by atoms with Gasteiger partial charge in [0, 0.05) is 9.26 Å². The van der Waals surface area contributed by atoms with E-state index in [0.717, 1.165) is 9.13 Å². The number of benzene rings is 2. The highest BCUT2D eigenvalue weighted by atomic mass is 127. The molecular weight excluding hydrogens is 341 g/mol. The molecule has 1 amide bonds. The van der Waals surface area contributed by atoms with Crippen LogP contribution in [0.3, 0.4) is 0 Å². The van der Waals surface area contributed by atoms with Gasteiger partial charge in [-0.15, -0.1) is 0 Å². The van der Waals surface area contributed by atoms with Crippen LogP contribution in [-0.4, -0.2) is 11.0 Å². The fourth-order valence-corrected chi connectivity index (χ4v) is 2.14. The third-order valence-electron chi connectivity index (χ3n) is 2.48. The van der Waals surface area contributed by atoms with Gasteiger partial charge in [0.1, 0.15) is 5.75 Å². The average molecular weight is 353 g/mol. The Morgan fingerprint density at radius 2 is 2.00 bits per heavy atom. The zero-order valence-electron chi connectivity index (χ0n) is 9.77. The van der Waals surface area contributed by atoms with Crippen LogP contribution in [0.2, 0.25) is 0 Å². The SMILES string of the molecule is Cc1ccc(C(=O)Nc2cccc(I)c2)c(O)c1. The molecule has 3 nitrogen and oxygen atoms in total. The predicted molar refractivity (Wildman–Crippen MR) is 80.0 cm³/mol. The van der Waals surface area contributed by atoms with Gasteiger partial charge in [-0.1, -0.05) is 12.1 Å². The number of phenols is 1. The van der Waals surface area contributed by atoms with Crippen LogP contribution in [0.25, 0.3) is 0 Å². The summed E-state index contributed by atoms with van der Waals surface area (Å²) in [5.41, 5.74) is 1.91. The molecule has 0 aliphatic rings. The summed E-state index contributed by atoms with van der Waals surface area (Å²) in [5.74, 6) is -0.312. The molecule has 4 heteroatoms. The van der Waals surface area contributed by atoms with Gasteiger partial charge >= 0.3 is 0 Å². The second-order valence-corrected chi connectivity index (χ2v) is 5.23. The number of aromatic hydroxyl groups is 1. The third kappa shape index (κ3) is 3.01. The molecule has 18 heavy (non-hydrogen) atoms. The van der Waals surface area contributed by atoms with E-state index < -0.39 is 0 Å². The molecule has 0 saturated carbocycles. The number of carbonyl (C=O) groups excluding carboxylic acids is 1. The fourth-order valence-electron chi connectivity index (χ4n) is 1.60. The zero-order chi connectivity index (χ0) is 13.1. The second-order valence-electron chi connectivity index (χ2n) is 3.99. The quantitative estimate of drug-likeness (QED) is 0.812. The van der Waals surface area contributed by atoms with Gasteiger partial charge in [0.25, 0.3) is 5.91 Å². The number of anilines is 1. The van der Waals surface area contributed by atoms with Gasteiger partial charge < -0.3 is 10.4 Å². The topological polar surface area (TPSA) is 49.3 Å². The van der Waals surface area contributed by atoms with Crippen molar-refractivity contribution in [3.63, 3.8) is 0 Å². The highest BCUT2D eigenvalue weighted by Crippen LogP contribution is 2.20. The maximum atomic E-state index is 12.0. The molecule has 0 fully saturated rings. The number of amides is 1. The van der Waals surface area contributed by atoms with E-state index in [1.807, 2.05) is 31.2 Å². The number of carbonyl (C=O) groups is 1. The van der Waals surface area contributed by atoms with E-state index >= 15 is 0 Å². The van der Waals surface area contributed by atoms with E-state index in [1.165, 1.54) is 0 Å². The third-order valence-corrected chi connectivity index (χ3v) is 3.15. The smallest absolute Gasteiger partial charge is 0.259 e. The van der Waals surface area contributed by atoms with Crippen molar-refractivity contribution in [3.05, 3.63) is 57.2 Å². The van der Waals surface area contributed by atoms with Crippen molar-refractivity contribution in [3.8, 4) is 5.75 Å². The van der Waals surface area contributed by atoms with Crippen LogP contribution in [0.15, 0.2) is 42.5 Å². The van der Waals surface area contributed by atoms with Crippen molar-refractivity contribution in [2.75, 3.05) is 5.32 Å². The highest BCUT2D eigenvalue weighted by molar-refractivity contribution is 14.1. The fraction of sp³-hybridized carbons (Fsp3) is 0.0714. The number of nitrogens with one attached hydrogen (secondary N) is 1. The molecule has 0 bridgehead atoms. The first-order valence-electron chi connectivity index (χ1n) is 5.43. The van der Waals surface area contributed by atoms with Crippen molar-refractivity contribution in [2.24, 2.45) is 0 Å². The van der Waals surface area contributed by atoms with Crippen LogP contribution < -0.4 is 5.32 Å². The molecule has 0 aliphatic carbocycles. The maximum Gasteiger partial charge on any atom is 0.259 e. The summed E-state index contributed by atoms with van der Waals surface area (Å²) in [6.07, 6.45) is 0. The van der Waals surface area contributed by atoms with Gasteiger partial charge in [0.05, 0.1) is 5.56 Å². The van der Waals surface area contributed by atoms with Gasteiger partial charge in [-0.25, -0.2) is 0 Å². The minimum Gasteiger partial charge on any atom is -0.507 e. The maximum absolute atomic E-state index is 12.0. The Labute approximate surface area is 119 Å². The van der Waals surface area contributed by atoms with Crippen LogP contribution >= 0.6 is 22.6 Å². The largest absolute Gasteiger partial charge is 0.507 e. The minimum absolute atomic E-state index is 0.00173. The summed E-state index contributed by atoms with van der Waals surface area (Å²) in [6, 6.07) is 12.5. The van der Waals surface area contributed by atoms with Crippen molar-refractivity contribution in [1.82, 2.24) is 0 Å². The Hall–Kier alpha value is -1.56. The number of halogens is 1. The number of hydrogen-bond acceptors (Lipinski definition) is 2. The monoisotopic (exact) mass is 353 g/mol. The first-order valence-corrected chi connectivity index (χ1v) is 6.50. The van der Waals surface area contributed by atoms with Crippen LogP contribution in [0.5, 0.6) is 5.75 Å². The number of aryl methyl sites for hydroxylation is 1. The van der Waals surface area contributed by atoms with E-state index in [2.05, 4.69) is 27.9 Å². The summed E-state index contributed by atoms with van der Waals surface area (Å²) < 4.78 is 1.04. The molecule has 0 heterocycles. The van der Waals surface area contributed by atoms with Crippen LogP contribution in [0.4, 0.5) is 5.69 Å². The molecule has 0 aromatic heterocycles. The van der Waals surface area contributed by atoms with E-state index in [9.17, 15) is 9.90 Å². The Morgan fingerprint density at radius 1 is 1.22 bits per heavy atom. The Balaban J connectivity index is 2.22. The first kappa shape index (κ1) is 12.9. The molecular formula is C14H12INO2. The van der Waals surface area contributed by atoms with Gasteiger partial charge in [-0.3, -0.25) is 4.79 Å². The van der Waals surface area contributed by atoms with Gasteiger partial charge in [-0.05, 0) is 65.4 Å². The lowest BCUT2D eigenvalue weighted by atomic mass is 10.1. The number of phenolic OH excluding ortho intramolecular Hbond substituents is 1. The van der Waals surface area contributed by atoms with Crippen LogP contribution in [0.1, 0.15) is 15.9 Å². The number of hydrogen-bond donors (Lipinski definition) is 2. The van der Waals surface area contributed by atoms with Crippen molar-refractivity contribution in [1.29, 1.82) is 0 Å². The van der Waals surface area contributed by atoms with Crippen LogP contribution in [-0.2, 0) is 0 Å². The Kier molecular flexibility index (Phi) is 3.86. The van der Waals surface area contributed by atoms with Crippen LogP contribution in [0, 0.1) is 10.5 Å². The molecule has 2 N–H and O–H groups in total. The minimum atomic E-state index is -0.311. The highest BCUT2D eigenvalue weighted by Gasteiger charge is 2.11. The van der Waals surface area contributed by atoms with E-state index in [-0.39, 0.29) is 17.2 Å². The van der Waals surface area contributed by atoms with Crippen molar-refractivity contribution < 1.29 is 9.90 Å². The Morgan fingerprint density at radius 3 is 2.67 bits per heavy atom. The zero-order valence-corrected chi connectivity index (χ0v) is 11.9. The summed E-state index contributed by atoms with van der Waals surface area (Å²) in [7, 11) is 0. The van der Waals surface area contributed by atoms with E-state index in [4.69, 9.17) is 0 Å². The van der Waals surface area contributed by atoms with Gasteiger partial charge in [0.2, 0.25) is 0 Å². The summed E-state index contributed by atoms with van der Waals surface area (Å²) in [5, 5.41) is 12.5. The summed E-state index contributed by atoms with van der Waals surface area (Å²) in [4.78, 5) is 12.0. The number of rotatable bonds is 2. The average Bonchev–Trinajstić information content (AvgIpc) is 2.28. The molecule has 2 aromatic carbocycles. The van der Waals surface area contributed by atoms with Gasteiger partial charge in [0.15, 0.2) is 0 Å².